The maximum Gasteiger partial charge on any atom is 0.0922 e. The largest absolute Gasteiger partial charge is 0.387 e. The van der Waals surface area contributed by atoms with Crippen LogP contribution in [0.4, 0.5) is 0 Å². The molecule has 0 spiro atoms. The molecule has 2 aromatic rings. The Morgan fingerprint density at radius 2 is 1.85 bits per heavy atom. The summed E-state index contributed by atoms with van der Waals surface area (Å²) in [5.74, 6) is 0. The molecule has 1 aromatic heterocycles. The number of hydrogen-bond acceptors (Lipinski definition) is 2. The Morgan fingerprint density at radius 1 is 1.10 bits per heavy atom. The summed E-state index contributed by atoms with van der Waals surface area (Å²) in [6, 6.07) is 10.7. The van der Waals surface area contributed by atoms with Crippen LogP contribution in [0.15, 0.2) is 30.3 Å². The van der Waals surface area contributed by atoms with Crippen molar-refractivity contribution in [2.24, 2.45) is 0 Å². The van der Waals surface area contributed by atoms with Crippen molar-refractivity contribution in [2.75, 3.05) is 0 Å². The molecule has 3 rings (SSSR count). The van der Waals surface area contributed by atoms with Gasteiger partial charge in [-0.2, -0.15) is 0 Å². The van der Waals surface area contributed by atoms with Crippen LogP contribution in [-0.2, 0) is 19.3 Å². The first kappa shape index (κ1) is 14.5. The molecule has 0 aliphatic heterocycles. The third-order valence-corrected chi connectivity index (χ3v) is 5.99. The lowest BCUT2D eigenvalue weighted by Gasteiger charge is -2.08. The van der Waals surface area contributed by atoms with E-state index in [1.165, 1.54) is 51.7 Å². The Kier molecular flexibility index (Phi) is 4.79. The second kappa shape index (κ2) is 6.58. The van der Waals surface area contributed by atoms with E-state index in [4.69, 9.17) is 0 Å². The number of aryl methyl sites for hydroxylation is 2. The molecular weight excluding hydrogens is 379 g/mol. The SMILES string of the molecule is OC(Cc1ccc(I)cc1)c1cc2c(s1)CCCCC2. The minimum absolute atomic E-state index is 0.355. The van der Waals surface area contributed by atoms with E-state index < -0.39 is 0 Å². The van der Waals surface area contributed by atoms with E-state index in [9.17, 15) is 5.11 Å². The minimum Gasteiger partial charge on any atom is -0.387 e. The van der Waals surface area contributed by atoms with Crippen molar-refractivity contribution >= 4 is 33.9 Å². The first-order valence-electron chi connectivity index (χ1n) is 7.26. The molecule has 1 aliphatic carbocycles. The van der Waals surface area contributed by atoms with Gasteiger partial charge in [0, 0.05) is 19.7 Å². The van der Waals surface area contributed by atoms with Crippen LogP contribution in [0.5, 0.6) is 0 Å². The van der Waals surface area contributed by atoms with Gasteiger partial charge < -0.3 is 5.11 Å². The van der Waals surface area contributed by atoms with Crippen LogP contribution in [-0.4, -0.2) is 5.11 Å². The number of hydrogen-bond donors (Lipinski definition) is 1. The topological polar surface area (TPSA) is 20.2 Å². The molecule has 0 fully saturated rings. The third-order valence-electron chi connectivity index (χ3n) is 3.94. The summed E-state index contributed by atoms with van der Waals surface area (Å²) in [6.45, 7) is 0. The van der Waals surface area contributed by atoms with E-state index >= 15 is 0 Å². The Balaban J connectivity index is 1.73. The van der Waals surface area contributed by atoms with Crippen LogP contribution in [0.1, 0.15) is 46.2 Å². The first-order chi connectivity index (χ1) is 9.72. The molecule has 1 N–H and O–H groups in total. The van der Waals surface area contributed by atoms with Gasteiger partial charge in [0.2, 0.25) is 0 Å². The Bertz CT molecular complexity index is 550. The highest BCUT2D eigenvalue weighted by Crippen LogP contribution is 2.33. The summed E-state index contributed by atoms with van der Waals surface area (Å²) in [6.07, 6.45) is 6.72. The second-order valence-corrected chi connectivity index (χ2v) is 7.92. The van der Waals surface area contributed by atoms with Crippen molar-refractivity contribution in [3.63, 3.8) is 0 Å². The summed E-state index contributed by atoms with van der Waals surface area (Å²) >= 11 is 4.14. The summed E-state index contributed by atoms with van der Waals surface area (Å²) in [5.41, 5.74) is 2.70. The first-order valence-corrected chi connectivity index (χ1v) is 9.16. The van der Waals surface area contributed by atoms with Crippen LogP contribution in [0, 0.1) is 3.57 Å². The van der Waals surface area contributed by atoms with Crippen LogP contribution in [0.25, 0.3) is 0 Å². The third kappa shape index (κ3) is 3.43. The number of aliphatic hydroxyl groups is 1. The summed E-state index contributed by atoms with van der Waals surface area (Å²) in [7, 11) is 0. The predicted molar refractivity (Wildman–Crippen MR) is 93.4 cm³/mol. The van der Waals surface area contributed by atoms with Crippen LogP contribution < -0.4 is 0 Å². The molecule has 1 heterocycles. The molecule has 0 radical (unpaired) electrons. The molecule has 106 valence electrons. The average molecular weight is 398 g/mol. The fourth-order valence-electron chi connectivity index (χ4n) is 2.80. The molecule has 0 saturated carbocycles. The zero-order valence-electron chi connectivity index (χ0n) is 11.4. The quantitative estimate of drug-likeness (QED) is 0.576. The molecule has 0 saturated heterocycles. The number of fused-ring (bicyclic) bond motifs is 1. The number of aliphatic hydroxyl groups excluding tert-OH is 1. The zero-order valence-corrected chi connectivity index (χ0v) is 14.4. The molecule has 1 aliphatic rings. The second-order valence-electron chi connectivity index (χ2n) is 5.50. The molecule has 0 amide bonds. The lowest BCUT2D eigenvalue weighted by Crippen LogP contribution is -1.99. The lowest BCUT2D eigenvalue weighted by molar-refractivity contribution is 0.182. The highest BCUT2D eigenvalue weighted by molar-refractivity contribution is 14.1. The van der Waals surface area contributed by atoms with E-state index in [1.54, 1.807) is 0 Å². The van der Waals surface area contributed by atoms with Gasteiger partial charge in [0.25, 0.3) is 0 Å². The molecule has 20 heavy (non-hydrogen) atoms. The van der Waals surface area contributed by atoms with Crippen molar-refractivity contribution in [3.8, 4) is 0 Å². The van der Waals surface area contributed by atoms with E-state index in [0.717, 1.165) is 11.3 Å². The predicted octanol–water partition coefficient (Wildman–Crippen LogP) is 4.90. The van der Waals surface area contributed by atoms with Gasteiger partial charge in [-0.3, -0.25) is 0 Å². The lowest BCUT2D eigenvalue weighted by atomic mass is 10.1. The van der Waals surface area contributed by atoms with Gasteiger partial charge in [0.15, 0.2) is 0 Å². The molecule has 1 atom stereocenters. The van der Waals surface area contributed by atoms with Crippen molar-refractivity contribution in [3.05, 3.63) is 54.8 Å². The van der Waals surface area contributed by atoms with Gasteiger partial charge in [0.1, 0.15) is 0 Å². The highest BCUT2D eigenvalue weighted by Gasteiger charge is 2.17. The van der Waals surface area contributed by atoms with E-state index in [2.05, 4.69) is 52.9 Å². The molecule has 0 bridgehead atoms. The summed E-state index contributed by atoms with van der Waals surface area (Å²) in [4.78, 5) is 2.66. The molecule has 1 nitrogen and oxygen atoms in total. The van der Waals surface area contributed by atoms with E-state index in [1.807, 2.05) is 11.3 Å². The number of thiophene rings is 1. The zero-order chi connectivity index (χ0) is 13.9. The van der Waals surface area contributed by atoms with Gasteiger partial charge in [-0.1, -0.05) is 18.6 Å². The number of benzene rings is 1. The summed E-state index contributed by atoms with van der Waals surface area (Å²) < 4.78 is 1.24. The van der Waals surface area contributed by atoms with Crippen LogP contribution in [0.3, 0.4) is 0 Å². The van der Waals surface area contributed by atoms with Gasteiger partial charge in [-0.05, 0) is 77.6 Å². The van der Waals surface area contributed by atoms with Crippen molar-refractivity contribution in [2.45, 2.75) is 44.6 Å². The minimum atomic E-state index is -0.355. The number of rotatable bonds is 3. The monoisotopic (exact) mass is 398 g/mol. The normalized spacial score (nSPS) is 16.5. The average Bonchev–Trinajstić information content (AvgIpc) is 2.73. The van der Waals surface area contributed by atoms with E-state index in [-0.39, 0.29) is 6.10 Å². The van der Waals surface area contributed by atoms with Gasteiger partial charge in [0.05, 0.1) is 6.10 Å². The maximum atomic E-state index is 10.5. The fraction of sp³-hybridized carbons (Fsp3) is 0.412. The Morgan fingerprint density at radius 3 is 2.65 bits per heavy atom. The molecular formula is C17H19IOS. The highest BCUT2D eigenvalue weighted by atomic mass is 127. The van der Waals surface area contributed by atoms with Crippen molar-refractivity contribution in [1.82, 2.24) is 0 Å². The van der Waals surface area contributed by atoms with Gasteiger partial charge in [-0.15, -0.1) is 11.3 Å². The Hall–Kier alpha value is -0.390. The van der Waals surface area contributed by atoms with Crippen LogP contribution in [0.2, 0.25) is 0 Å². The van der Waals surface area contributed by atoms with Crippen molar-refractivity contribution in [1.29, 1.82) is 0 Å². The molecule has 1 unspecified atom stereocenters. The van der Waals surface area contributed by atoms with Gasteiger partial charge >= 0.3 is 0 Å². The molecule has 3 heteroatoms. The smallest absolute Gasteiger partial charge is 0.0922 e. The number of halogens is 1. The van der Waals surface area contributed by atoms with E-state index in [0.29, 0.717) is 0 Å². The van der Waals surface area contributed by atoms with Crippen LogP contribution >= 0.6 is 33.9 Å². The standard InChI is InChI=1S/C17H19IOS/c18-14-8-6-12(7-9-14)10-15(19)17-11-13-4-2-1-3-5-16(13)20-17/h6-9,11,15,19H,1-5,10H2. The van der Waals surface area contributed by atoms with Crippen molar-refractivity contribution < 1.29 is 5.11 Å². The Labute approximate surface area is 138 Å². The molecule has 1 aromatic carbocycles. The summed E-state index contributed by atoms with van der Waals surface area (Å²) in [5, 5.41) is 10.5. The maximum absolute atomic E-state index is 10.5. The van der Waals surface area contributed by atoms with Gasteiger partial charge in [-0.25, -0.2) is 0 Å². The fourth-order valence-corrected chi connectivity index (χ4v) is 4.40.